The van der Waals surface area contributed by atoms with Gasteiger partial charge >= 0.3 is 0 Å². The van der Waals surface area contributed by atoms with Gasteiger partial charge in [-0.2, -0.15) is 0 Å². The molecule has 0 aliphatic carbocycles. The third kappa shape index (κ3) is 8.39. The predicted octanol–water partition coefficient (Wildman–Crippen LogP) is 4.61. The van der Waals surface area contributed by atoms with Gasteiger partial charge in [0, 0.05) is 5.88 Å². The zero-order chi connectivity index (χ0) is 9.23. The minimum Gasteiger partial charge on any atom is -0.127 e. The zero-order valence-corrected chi connectivity index (χ0v) is 9.37. The van der Waals surface area contributed by atoms with Gasteiger partial charge in [-0.25, -0.2) is 0 Å². The molecule has 0 aromatic rings. The molecule has 0 radical (unpaired) electrons. The molecule has 0 spiro atoms. The van der Waals surface area contributed by atoms with Crippen LogP contribution < -0.4 is 0 Å². The topological polar surface area (TPSA) is 0 Å². The van der Waals surface area contributed by atoms with Crippen LogP contribution in [-0.2, 0) is 0 Å². The van der Waals surface area contributed by atoms with Gasteiger partial charge in [-0.15, -0.1) is 11.6 Å². The van der Waals surface area contributed by atoms with Gasteiger partial charge in [0.2, 0.25) is 0 Å². The van der Waals surface area contributed by atoms with Crippen LogP contribution in [0, 0.1) is 5.92 Å². The van der Waals surface area contributed by atoms with Crippen molar-refractivity contribution in [2.45, 2.75) is 58.8 Å². The number of unbranched alkanes of at least 4 members (excludes halogenated alkanes) is 3. The minimum absolute atomic E-state index is 0.837. The summed E-state index contributed by atoms with van der Waals surface area (Å²) in [5.41, 5.74) is 0. The van der Waals surface area contributed by atoms with E-state index in [1.54, 1.807) is 0 Å². The highest BCUT2D eigenvalue weighted by atomic mass is 35.5. The second kappa shape index (κ2) is 9.38. The van der Waals surface area contributed by atoms with E-state index in [2.05, 4.69) is 13.8 Å². The molecule has 1 unspecified atom stereocenters. The van der Waals surface area contributed by atoms with Crippen LogP contribution in [0.2, 0.25) is 0 Å². The van der Waals surface area contributed by atoms with Crippen molar-refractivity contribution in [3.8, 4) is 0 Å². The first kappa shape index (κ1) is 12.3. The molecule has 1 heteroatoms. The largest absolute Gasteiger partial charge is 0.127 e. The Hall–Kier alpha value is 0.290. The maximum Gasteiger partial charge on any atom is 0.0223 e. The Balaban J connectivity index is 3.02. The second-order valence-electron chi connectivity index (χ2n) is 3.79. The smallest absolute Gasteiger partial charge is 0.0223 e. The normalized spacial score (nSPS) is 13.2. The van der Waals surface area contributed by atoms with Crippen LogP contribution >= 0.6 is 11.6 Å². The average molecular weight is 191 g/mol. The third-order valence-corrected chi connectivity index (χ3v) is 2.65. The SMILES string of the molecule is CCCCC(C)CCCCCCl. The maximum atomic E-state index is 5.60. The summed E-state index contributed by atoms with van der Waals surface area (Å²) in [6.45, 7) is 4.64. The lowest BCUT2D eigenvalue weighted by atomic mass is 9.98. The number of hydrogen-bond donors (Lipinski definition) is 0. The first-order valence-corrected chi connectivity index (χ1v) is 5.90. The molecule has 0 aromatic heterocycles. The summed E-state index contributed by atoms with van der Waals surface area (Å²) in [6.07, 6.45) is 9.44. The standard InChI is InChI=1S/C11H23Cl/c1-3-4-8-11(2)9-6-5-7-10-12/h11H,3-10H2,1-2H3. The number of hydrogen-bond acceptors (Lipinski definition) is 0. The maximum absolute atomic E-state index is 5.60. The van der Waals surface area contributed by atoms with E-state index in [0.29, 0.717) is 0 Å². The summed E-state index contributed by atoms with van der Waals surface area (Å²) in [6, 6.07) is 0. The van der Waals surface area contributed by atoms with E-state index in [1.807, 2.05) is 0 Å². The van der Waals surface area contributed by atoms with E-state index in [4.69, 9.17) is 11.6 Å². The van der Waals surface area contributed by atoms with E-state index in [0.717, 1.165) is 11.8 Å². The van der Waals surface area contributed by atoms with Crippen LogP contribution in [0.1, 0.15) is 58.8 Å². The van der Waals surface area contributed by atoms with Crippen molar-refractivity contribution in [1.29, 1.82) is 0 Å². The van der Waals surface area contributed by atoms with Crippen LogP contribution in [-0.4, -0.2) is 5.88 Å². The molecule has 0 N–H and O–H groups in total. The molecule has 0 saturated carbocycles. The van der Waals surface area contributed by atoms with Gasteiger partial charge in [-0.3, -0.25) is 0 Å². The fourth-order valence-electron chi connectivity index (χ4n) is 1.46. The highest BCUT2D eigenvalue weighted by Gasteiger charge is 2.00. The highest BCUT2D eigenvalue weighted by Crippen LogP contribution is 2.15. The molecule has 0 aromatic carbocycles. The van der Waals surface area contributed by atoms with E-state index in [-0.39, 0.29) is 0 Å². The molecule has 12 heavy (non-hydrogen) atoms. The molecular formula is C11H23Cl. The lowest BCUT2D eigenvalue weighted by Gasteiger charge is -2.09. The Labute approximate surface area is 82.7 Å². The molecular weight excluding hydrogens is 168 g/mol. The van der Waals surface area contributed by atoms with Crippen LogP contribution in [0.5, 0.6) is 0 Å². The molecule has 1 atom stereocenters. The summed E-state index contributed by atoms with van der Waals surface area (Å²) < 4.78 is 0. The molecule has 0 aliphatic rings. The van der Waals surface area contributed by atoms with Crippen molar-refractivity contribution >= 4 is 11.6 Å². The fraction of sp³-hybridized carbons (Fsp3) is 1.00. The summed E-state index contributed by atoms with van der Waals surface area (Å²) in [5.74, 6) is 1.77. The van der Waals surface area contributed by atoms with Crippen LogP contribution in [0.15, 0.2) is 0 Å². The Bertz CT molecular complexity index is 81.1. The molecule has 0 heterocycles. The molecule has 0 rings (SSSR count). The number of halogens is 1. The monoisotopic (exact) mass is 190 g/mol. The van der Waals surface area contributed by atoms with Gasteiger partial charge < -0.3 is 0 Å². The summed E-state index contributed by atoms with van der Waals surface area (Å²) in [4.78, 5) is 0. The van der Waals surface area contributed by atoms with Crippen molar-refractivity contribution in [3.05, 3.63) is 0 Å². The Morgan fingerprint density at radius 1 is 1.00 bits per heavy atom. The van der Waals surface area contributed by atoms with Crippen LogP contribution in [0.25, 0.3) is 0 Å². The molecule has 0 bridgehead atoms. The van der Waals surface area contributed by atoms with Gasteiger partial charge in [0.1, 0.15) is 0 Å². The van der Waals surface area contributed by atoms with Crippen molar-refractivity contribution < 1.29 is 0 Å². The number of rotatable bonds is 8. The second-order valence-corrected chi connectivity index (χ2v) is 4.16. The Morgan fingerprint density at radius 3 is 2.25 bits per heavy atom. The van der Waals surface area contributed by atoms with Gasteiger partial charge in [-0.05, 0) is 12.3 Å². The first-order valence-electron chi connectivity index (χ1n) is 5.37. The third-order valence-electron chi connectivity index (χ3n) is 2.38. The van der Waals surface area contributed by atoms with E-state index >= 15 is 0 Å². The van der Waals surface area contributed by atoms with Gasteiger partial charge in [-0.1, -0.05) is 52.4 Å². The number of alkyl halides is 1. The Morgan fingerprint density at radius 2 is 1.67 bits per heavy atom. The van der Waals surface area contributed by atoms with Crippen molar-refractivity contribution in [2.24, 2.45) is 5.92 Å². The summed E-state index contributed by atoms with van der Waals surface area (Å²) in [7, 11) is 0. The van der Waals surface area contributed by atoms with Crippen molar-refractivity contribution in [2.75, 3.05) is 5.88 Å². The van der Waals surface area contributed by atoms with Gasteiger partial charge in [0.05, 0.1) is 0 Å². The van der Waals surface area contributed by atoms with E-state index < -0.39 is 0 Å². The van der Waals surface area contributed by atoms with Crippen molar-refractivity contribution in [3.63, 3.8) is 0 Å². The van der Waals surface area contributed by atoms with Crippen LogP contribution in [0.4, 0.5) is 0 Å². The Kier molecular flexibility index (Phi) is 9.61. The van der Waals surface area contributed by atoms with E-state index in [9.17, 15) is 0 Å². The van der Waals surface area contributed by atoms with Crippen LogP contribution in [0.3, 0.4) is 0 Å². The van der Waals surface area contributed by atoms with Gasteiger partial charge in [0.25, 0.3) is 0 Å². The quantitative estimate of drug-likeness (QED) is 0.387. The first-order chi connectivity index (χ1) is 5.81. The molecule has 0 nitrogen and oxygen atoms in total. The summed E-state index contributed by atoms with van der Waals surface area (Å²) >= 11 is 5.60. The lowest BCUT2D eigenvalue weighted by molar-refractivity contribution is 0.448. The predicted molar refractivity (Wildman–Crippen MR) is 57.9 cm³/mol. The lowest BCUT2D eigenvalue weighted by Crippen LogP contribution is -1.94. The highest BCUT2D eigenvalue weighted by molar-refractivity contribution is 6.17. The molecule has 0 amide bonds. The van der Waals surface area contributed by atoms with E-state index in [1.165, 1.54) is 44.9 Å². The summed E-state index contributed by atoms with van der Waals surface area (Å²) in [5, 5.41) is 0. The molecule has 74 valence electrons. The van der Waals surface area contributed by atoms with Crippen molar-refractivity contribution in [1.82, 2.24) is 0 Å². The molecule has 0 fully saturated rings. The zero-order valence-electron chi connectivity index (χ0n) is 8.61. The fourth-order valence-corrected chi connectivity index (χ4v) is 1.65. The van der Waals surface area contributed by atoms with Gasteiger partial charge in [0.15, 0.2) is 0 Å². The average Bonchev–Trinajstić information content (AvgIpc) is 2.09. The molecule has 0 aliphatic heterocycles. The minimum atomic E-state index is 0.837. The molecule has 0 saturated heterocycles.